The van der Waals surface area contributed by atoms with E-state index in [2.05, 4.69) is 26.5 Å². The largest absolute Gasteiger partial charge is 0.497 e. The molecule has 0 unspecified atom stereocenters. The van der Waals surface area contributed by atoms with E-state index in [9.17, 15) is 4.79 Å². The van der Waals surface area contributed by atoms with Crippen LogP contribution in [0.5, 0.6) is 23.0 Å². The lowest BCUT2D eigenvalue weighted by atomic mass is 10.2. The third kappa shape index (κ3) is 6.18. The van der Waals surface area contributed by atoms with E-state index in [1.807, 2.05) is 13.0 Å². The van der Waals surface area contributed by atoms with Gasteiger partial charge < -0.3 is 18.9 Å². The molecule has 0 saturated heterocycles. The van der Waals surface area contributed by atoms with E-state index >= 15 is 0 Å². The molecule has 2 aromatic rings. The van der Waals surface area contributed by atoms with Crippen molar-refractivity contribution in [2.24, 2.45) is 5.10 Å². The molecule has 0 aromatic heterocycles. The van der Waals surface area contributed by atoms with Gasteiger partial charge in [-0.1, -0.05) is 0 Å². The third-order valence-corrected chi connectivity index (χ3v) is 3.96. The molecule has 27 heavy (non-hydrogen) atoms. The molecule has 8 heteroatoms. The zero-order chi connectivity index (χ0) is 19.6. The number of hydrogen-bond acceptors (Lipinski definition) is 6. The molecule has 0 aliphatic heterocycles. The van der Waals surface area contributed by atoms with Crippen LogP contribution in [0.4, 0.5) is 0 Å². The van der Waals surface area contributed by atoms with Crippen molar-refractivity contribution in [3.05, 3.63) is 46.4 Å². The lowest BCUT2D eigenvalue weighted by molar-refractivity contribution is -0.123. The number of ether oxygens (including phenoxy) is 4. The summed E-state index contributed by atoms with van der Waals surface area (Å²) >= 11 is 3.44. The Morgan fingerprint density at radius 1 is 1.11 bits per heavy atom. The normalized spacial score (nSPS) is 10.5. The molecule has 0 atom stereocenters. The Balaban J connectivity index is 1.90. The van der Waals surface area contributed by atoms with Crippen LogP contribution in [0.2, 0.25) is 0 Å². The summed E-state index contributed by atoms with van der Waals surface area (Å²) in [6.07, 6.45) is 1.51. The van der Waals surface area contributed by atoms with Gasteiger partial charge in [-0.05, 0) is 64.8 Å². The highest BCUT2D eigenvalue weighted by molar-refractivity contribution is 9.10. The number of rotatable bonds is 9. The minimum absolute atomic E-state index is 0.153. The molecule has 0 spiro atoms. The fourth-order valence-electron chi connectivity index (χ4n) is 2.13. The van der Waals surface area contributed by atoms with E-state index in [0.29, 0.717) is 29.6 Å². The van der Waals surface area contributed by atoms with Crippen molar-refractivity contribution in [2.45, 2.75) is 6.92 Å². The smallest absolute Gasteiger partial charge is 0.277 e. The number of amides is 1. The van der Waals surface area contributed by atoms with Crippen LogP contribution in [0.1, 0.15) is 12.5 Å². The predicted molar refractivity (Wildman–Crippen MR) is 106 cm³/mol. The zero-order valence-corrected chi connectivity index (χ0v) is 16.9. The van der Waals surface area contributed by atoms with Crippen LogP contribution < -0.4 is 24.4 Å². The van der Waals surface area contributed by atoms with E-state index in [1.165, 1.54) is 6.21 Å². The monoisotopic (exact) mass is 436 g/mol. The highest BCUT2D eigenvalue weighted by atomic mass is 79.9. The quantitative estimate of drug-likeness (QED) is 0.481. The van der Waals surface area contributed by atoms with E-state index in [0.717, 1.165) is 10.0 Å². The Labute approximate surface area is 166 Å². The summed E-state index contributed by atoms with van der Waals surface area (Å²) in [6, 6.07) is 10.5. The Morgan fingerprint density at radius 3 is 2.44 bits per heavy atom. The molecule has 2 rings (SSSR count). The van der Waals surface area contributed by atoms with Crippen molar-refractivity contribution >= 4 is 28.1 Å². The number of nitrogens with one attached hydrogen (secondary N) is 1. The molecular formula is C19H21BrN2O5. The Hall–Kier alpha value is -2.74. The third-order valence-electron chi connectivity index (χ3n) is 3.37. The van der Waals surface area contributed by atoms with Crippen LogP contribution in [0.15, 0.2) is 46.0 Å². The van der Waals surface area contributed by atoms with Crippen molar-refractivity contribution in [3.63, 3.8) is 0 Å². The standard InChI is InChI=1S/C19H21BrN2O5/c1-4-26-19-16(20)9-13(10-17(19)25-3)11-21-22-18(23)12-27-15-7-5-14(24-2)6-8-15/h5-11H,4,12H2,1-3H3,(H,22,23)/b21-11+. The zero-order valence-electron chi connectivity index (χ0n) is 15.3. The SMILES string of the molecule is CCOc1c(Br)cc(/C=N/NC(=O)COc2ccc(OC)cc2)cc1OC. The number of benzene rings is 2. The average molecular weight is 437 g/mol. The van der Waals surface area contributed by atoms with Crippen molar-refractivity contribution in [1.29, 1.82) is 0 Å². The molecule has 0 fully saturated rings. The minimum atomic E-state index is -0.376. The molecule has 1 N–H and O–H groups in total. The molecule has 0 aliphatic rings. The summed E-state index contributed by atoms with van der Waals surface area (Å²) in [5.74, 6) is 2.10. The van der Waals surface area contributed by atoms with Gasteiger partial charge in [-0.2, -0.15) is 5.10 Å². The topological polar surface area (TPSA) is 78.4 Å². The van der Waals surface area contributed by atoms with Crippen LogP contribution in [-0.2, 0) is 4.79 Å². The van der Waals surface area contributed by atoms with E-state index in [1.54, 1.807) is 44.6 Å². The van der Waals surface area contributed by atoms with Crippen molar-refractivity contribution in [1.82, 2.24) is 5.43 Å². The maximum absolute atomic E-state index is 11.8. The summed E-state index contributed by atoms with van der Waals surface area (Å²) < 4.78 is 22.0. The Morgan fingerprint density at radius 2 is 1.81 bits per heavy atom. The Bertz CT molecular complexity index is 793. The molecule has 0 saturated carbocycles. The summed E-state index contributed by atoms with van der Waals surface area (Å²) in [7, 11) is 3.14. The first-order chi connectivity index (χ1) is 13.1. The van der Waals surface area contributed by atoms with Gasteiger partial charge in [0.2, 0.25) is 0 Å². The lowest BCUT2D eigenvalue weighted by Gasteiger charge is -2.12. The number of hydrogen-bond donors (Lipinski definition) is 1. The molecule has 0 radical (unpaired) electrons. The fourth-order valence-corrected chi connectivity index (χ4v) is 2.70. The van der Waals surface area contributed by atoms with Crippen LogP contribution in [0.25, 0.3) is 0 Å². The first-order valence-corrected chi connectivity index (χ1v) is 8.95. The number of carbonyl (C=O) groups excluding carboxylic acids is 1. The van der Waals surface area contributed by atoms with Gasteiger partial charge in [0.05, 0.1) is 31.5 Å². The molecule has 1 amide bonds. The van der Waals surface area contributed by atoms with E-state index < -0.39 is 0 Å². The van der Waals surface area contributed by atoms with Gasteiger partial charge in [0.15, 0.2) is 18.1 Å². The second kappa shape index (κ2) is 10.4. The Kier molecular flexibility index (Phi) is 7.94. The van der Waals surface area contributed by atoms with Crippen molar-refractivity contribution in [3.8, 4) is 23.0 Å². The maximum atomic E-state index is 11.8. The summed E-state index contributed by atoms with van der Waals surface area (Å²) in [4.78, 5) is 11.8. The van der Waals surface area contributed by atoms with Gasteiger partial charge in [-0.15, -0.1) is 0 Å². The first kappa shape index (κ1) is 20.6. The predicted octanol–water partition coefficient (Wildman–Crippen LogP) is 3.39. The van der Waals surface area contributed by atoms with Crippen LogP contribution in [-0.4, -0.2) is 39.6 Å². The van der Waals surface area contributed by atoms with Crippen LogP contribution in [0.3, 0.4) is 0 Å². The number of hydrazone groups is 1. The van der Waals surface area contributed by atoms with Gasteiger partial charge >= 0.3 is 0 Å². The number of nitrogens with zero attached hydrogens (tertiary/aromatic N) is 1. The summed E-state index contributed by atoms with van der Waals surface area (Å²) in [5.41, 5.74) is 3.15. The van der Waals surface area contributed by atoms with Crippen molar-refractivity contribution in [2.75, 3.05) is 27.4 Å². The molecule has 144 valence electrons. The first-order valence-electron chi connectivity index (χ1n) is 8.16. The summed E-state index contributed by atoms with van der Waals surface area (Å²) in [6.45, 7) is 2.26. The van der Waals surface area contributed by atoms with Crippen LogP contribution >= 0.6 is 15.9 Å². The average Bonchev–Trinajstić information content (AvgIpc) is 2.68. The molecule has 0 heterocycles. The molecule has 0 aliphatic carbocycles. The number of halogens is 1. The lowest BCUT2D eigenvalue weighted by Crippen LogP contribution is -2.24. The van der Waals surface area contributed by atoms with E-state index in [4.69, 9.17) is 18.9 Å². The van der Waals surface area contributed by atoms with Gasteiger partial charge in [0, 0.05) is 0 Å². The highest BCUT2D eigenvalue weighted by Gasteiger charge is 2.10. The number of methoxy groups -OCH3 is 2. The van der Waals surface area contributed by atoms with Gasteiger partial charge in [-0.3, -0.25) is 4.79 Å². The minimum Gasteiger partial charge on any atom is -0.497 e. The molecule has 2 aromatic carbocycles. The second-order valence-electron chi connectivity index (χ2n) is 5.22. The highest BCUT2D eigenvalue weighted by Crippen LogP contribution is 2.36. The van der Waals surface area contributed by atoms with Gasteiger partial charge in [0.1, 0.15) is 11.5 Å². The molecular weight excluding hydrogens is 416 g/mol. The molecule has 0 bridgehead atoms. The van der Waals surface area contributed by atoms with Gasteiger partial charge in [0.25, 0.3) is 5.91 Å². The van der Waals surface area contributed by atoms with E-state index in [-0.39, 0.29) is 12.5 Å². The second-order valence-corrected chi connectivity index (χ2v) is 6.08. The molecule has 7 nitrogen and oxygen atoms in total. The number of carbonyl (C=O) groups is 1. The van der Waals surface area contributed by atoms with Crippen molar-refractivity contribution < 1.29 is 23.7 Å². The fraction of sp³-hybridized carbons (Fsp3) is 0.263. The maximum Gasteiger partial charge on any atom is 0.277 e. The van der Waals surface area contributed by atoms with Gasteiger partial charge in [-0.25, -0.2) is 5.43 Å². The van der Waals surface area contributed by atoms with Crippen LogP contribution in [0, 0.1) is 0 Å². The summed E-state index contributed by atoms with van der Waals surface area (Å²) in [5, 5.41) is 3.93.